The predicted octanol–water partition coefficient (Wildman–Crippen LogP) is 8.82. The summed E-state index contributed by atoms with van der Waals surface area (Å²) in [4.78, 5) is 101. The van der Waals surface area contributed by atoms with E-state index < -0.39 is 83.9 Å². The number of amides is 1. The molecule has 2 saturated heterocycles. The summed E-state index contributed by atoms with van der Waals surface area (Å²) in [5, 5.41) is 35.4. The summed E-state index contributed by atoms with van der Waals surface area (Å²) in [5.41, 5.74) is 9.34. The maximum Gasteiger partial charge on any atom is 0.329 e. The summed E-state index contributed by atoms with van der Waals surface area (Å²) in [6.07, 6.45) is 14.1. The van der Waals surface area contributed by atoms with E-state index >= 15 is 0 Å². The van der Waals surface area contributed by atoms with Gasteiger partial charge in [0.25, 0.3) is 17.2 Å². The van der Waals surface area contributed by atoms with Crippen molar-refractivity contribution in [1.29, 1.82) is 0 Å². The Hall–Kier alpha value is -6.37. The van der Waals surface area contributed by atoms with Gasteiger partial charge in [-0.15, -0.1) is 0 Å². The van der Waals surface area contributed by atoms with Crippen LogP contribution in [0.25, 0.3) is 22.2 Å². The van der Waals surface area contributed by atoms with Crippen LogP contribution in [0.5, 0.6) is 5.88 Å². The van der Waals surface area contributed by atoms with Crippen LogP contribution in [0.15, 0.2) is 76.8 Å². The molecular weight excluding hydrogens is 1200 g/mol. The standard InChI is InChI=1S/C72H102N6O16/c1-41-17-13-12-14-18-42(2)59(92-32-31-91-52-26-23-51(24-27-52)78-67-54(48(8)75-71(73)76-67)38-55(68(78)84)50-22-29-62(89-10)74-40-50)37-53-25-20-47(7)72(87,94-53)66(83)69(85)77-30-16-15-19-56(77)70(86)93-60(44(4)35-49-21-28-57(79)61(36-49)88-9)39-58(80)43(3)34-46(6)64(82)65(90-11)63(81)45(5)33-41/h12-14,17-18,22,29,34,38,40-41,43-45,47,49,51-53,56-57,59-61,64-65,79,82,87H,15-16,19-21,23-28,30-33,35-37,39H2,1-11H3,(H2,73,75,76)/b14-12+,17-13+,42-18-,46-34+/t41-,43-,44?,45-,47-,49-,51-,52-,53+,56+,57-,59+,60+,61-,64-,65+,72-/m1/s1. The molecule has 2 aliphatic carbocycles. The Morgan fingerprint density at radius 3 is 2.27 bits per heavy atom. The minimum atomic E-state index is -2.54. The average molecular weight is 1310 g/mol. The van der Waals surface area contributed by atoms with Crippen LogP contribution in [0.2, 0.25) is 0 Å². The van der Waals surface area contributed by atoms with Crippen molar-refractivity contribution < 1.29 is 72.5 Å². The molecule has 516 valence electrons. The van der Waals surface area contributed by atoms with Crippen LogP contribution in [0, 0.1) is 42.4 Å². The van der Waals surface area contributed by atoms with E-state index in [1.54, 1.807) is 62.9 Å². The highest BCUT2D eigenvalue weighted by Gasteiger charge is 2.53. The van der Waals surface area contributed by atoms with Crippen molar-refractivity contribution in [1.82, 2.24) is 24.4 Å². The van der Waals surface area contributed by atoms with Crippen LogP contribution >= 0.6 is 0 Å². The normalized spacial score (nSPS) is 34.1. The lowest BCUT2D eigenvalue weighted by atomic mass is 9.78. The Morgan fingerprint density at radius 1 is 0.819 bits per heavy atom. The number of hydrogen-bond donors (Lipinski definition) is 4. The number of pyridine rings is 2. The number of piperidine rings is 1. The number of anilines is 1. The number of carbonyl (C=O) groups excluding carboxylic acids is 5. The van der Waals surface area contributed by atoms with E-state index in [0.29, 0.717) is 123 Å². The second-order valence-corrected chi connectivity index (χ2v) is 27.3. The van der Waals surface area contributed by atoms with E-state index in [0.717, 1.165) is 5.57 Å². The number of Topliss-reactive ketones (excluding diaryl/α,β-unsaturated/α-hetero) is 3. The predicted molar refractivity (Wildman–Crippen MR) is 354 cm³/mol. The van der Waals surface area contributed by atoms with Crippen molar-refractivity contribution in [3.05, 3.63) is 88.0 Å². The molecule has 3 aromatic heterocycles. The van der Waals surface area contributed by atoms with Crippen molar-refractivity contribution in [2.75, 3.05) is 46.8 Å². The topological polar surface area (TPSA) is 301 Å². The van der Waals surface area contributed by atoms with Gasteiger partial charge in [0.05, 0.1) is 56.5 Å². The molecule has 0 aromatic carbocycles. The van der Waals surface area contributed by atoms with E-state index in [4.69, 9.17) is 38.9 Å². The SMILES string of the molecule is COc1ccc(-c2cc3c(C)nc(N)nc3n([C@H]3CC[C@H](OCCO[C@H]4C[C@@H]5CC[C@@H](C)[C@@](O)(O5)C(=O)C(=O)N5CCCC[C@H]5C(=O)O[C@H](C(C)C[C@H]5CC[C@@H](O)[C@H](OC)C5)CC(=O)[C@H](C)/C=C(\C)[C@@H](O)[C@@H](OC)C(=O)[C@H](C)C[C@H](C)/C=C/C=C/C=C\4C)CC3)c2=O)cn1. The molecular formula is C72H102N6O16. The number of fused-ring (bicyclic) bond motifs is 4. The van der Waals surface area contributed by atoms with Crippen LogP contribution in [0.1, 0.15) is 163 Å². The second kappa shape index (κ2) is 33.5. The van der Waals surface area contributed by atoms with Crippen LogP contribution in [-0.2, 0) is 52.4 Å². The lowest BCUT2D eigenvalue weighted by Gasteiger charge is -2.43. The molecule has 8 rings (SSSR count). The maximum absolute atomic E-state index is 14.7. The number of allylic oxidation sites excluding steroid dienone is 6. The molecule has 22 heteroatoms. The molecule has 94 heavy (non-hydrogen) atoms. The summed E-state index contributed by atoms with van der Waals surface area (Å²) in [6, 6.07) is 3.91. The summed E-state index contributed by atoms with van der Waals surface area (Å²) >= 11 is 0. The molecule has 3 aromatic rings. The fourth-order valence-corrected chi connectivity index (χ4v) is 14.5. The van der Waals surface area contributed by atoms with Gasteiger partial charge in [0.1, 0.15) is 35.8 Å². The summed E-state index contributed by atoms with van der Waals surface area (Å²) < 4.78 is 44.2. The number of hydrogen-bond acceptors (Lipinski definition) is 20. The lowest BCUT2D eigenvalue weighted by molar-refractivity contribution is -0.266. The second-order valence-electron chi connectivity index (χ2n) is 27.3. The summed E-state index contributed by atoms with van der Waals surface area (Å²) in [5.74, 6) is -8.07. The molecule has 22 nitrogen and oxygen atoms in total. The molecule has 4 fully saturated rings. The number of methoxy groups -OCH3 is 3. The number of aliphatic hydroxyl groups excluding tert-OH is 2. The minimum Gasteiger partial charge on any atom is -0.481 e. The van der Waals surface area contributed by atoms with Gasteiger partial charge >= 0.3 is 5.97 Å². The Morgan fingerprint density at radius 2 is 1.56 bits per heavy atom. The fourth-order valence-electron chi connectivity index (χ4n) is 14.5. The number of nitrogens with two attached hydrogens (primary N) is 1. The number of nitrogen functional groups attached to an aromatic ring is 1. The zero-order valence-corrected chi connectivity index (χ0v) is 56.9. The van der Waals surface area contributed by atoms with Crippen molar-refractivity contribution in [3.63, 3.8) is 0 Å². The number of aliphatic hydroxyl groups is 3. The third-order valence-corrected chi connectivity index (χ3v) is 20.3. The molecule has 6 heterocycles. The molecule has 2 saturated carbocycles. The Kier molecular flexibility index (Phi) is 26.2. The van der Waals surface area contributed by atoms with Crippen molar-refractivity contribution in [3.8, 4) is 17.0 Å². The van der Waals surface area contributed by atoms with Gasteiger partial charge in [-0.05, 0) is 152 Å². The summed E-state index contributed by atoms with van der Waals surface area (Å²) in [6.45, 7) is 14.9. The summed E-state index contributed by atoms with van der Waals surface area (Å²) in [7, 11) is 4.47. The first kappa shape index (κ1) is 73.4. The highest BCUT2D eigenvalue weighted by Crippen LogP contribution is 2.39. The fraction of sp³-hybridized carbons (Fsp3) is 0.653. The minimum absolute atomic E-state index is 0.0393. The monoisotopic (exact) mass is 1310 g/mol. The number of ether oxygens (including phenoxy) is 7. The Bertz CT molecular complexity index is 3300. The van der Waals surface area contributed by atoms with Crippen LogP contribution in [0.3, 0.4) is 0 Å². The molecule has 5 N–H and O–H groups in total. The van der Waals surface area contributed by atoms with Gasteiger partial charge in [-0.1, -0.05) is 71.1 Å². The number of esters is 1. The number of carbonyl (C=O) groups is 5. The van der Waals surface area contributed by atoms with Crippen LogP contribution < -0.4 is 16.0 Å². The van der Waals surface area contributed by atoms with Gasteiger partial charge in [0.15, 0.2) is 5.78 Å². The van der Waals surface area contributed by atoms with E-state index in [9.17, 15) is 44.1 Å². The van der Waals surface area contributed by atoms with Crippen LogP contribution in [-0.4, -0.2) is 171 Å². The average Bonchev–Trinajstić information content (AvgIpc) is 0.760. The van der Waals surface area contributed by atoms with E-state index in [1.807, 2.05) is 65.0 Å². The largest absolute Gasteiger partial charge is 0.481 e. The molecule has 0 spiro atoms. The molecule has 5 aliphatic rings. The first-order valence-corrected chi connectivity index (χ1v) is 33.9. The van der Waals surface area contributed by atoms with E-state index in [2.05, 4.69) is 15.0 Å². The van der Waals surface area contributed by atoms with Crippen molar-refractivity contribution in [2.45, 2.75) is 225 Å². The van der Waals surface area contributed by atoms with Crippen molar-refractivity contribution in [2.24, 2.45) is 35.5 Å². The number of rotatable bonds is 13. The number of nitrogens with zero attached hydrogens (tertiary/aromatic N) is 5. The zero-order chi connectivity index (χ0) is 68.1. The van der Waals surface area contributed by atoms with Gasteiger partial charge in [0, 0.05) is 86.2 Å². The molecule has 15 atom stereocenters. The van der Waals surface area contributed by atoms with Gasteiger partial charge in [-0.25, -0.2) is 14.8 Å². The maximum atomic E-state index is 14.7. The van der Waals surface area contributed by atoms with Gasteiger partial charge in [-0.2, -0.15) is 4.98 Å². The molecule has 1 unspecified atom stereocenters. The Labute approximate surface area is 553 Å². The molecule has 2 bridgehead atoms. The lowest BCUT2D eigenvalue weighted by Crippen LogP contribution is -2.61. The third-order valence-electron chi connectivity index (χ3n) is 20.3. The smallest absolute Gasteiger partial charge is 0.329 e. The first-order valence-electron chi connectivity index (χ1n) is 33.9. The highest BCUT2D eigenvalue weighted by molar-refractivity contribution is 6.39. The zero-order valence-electron chi connectivity index (χ0n) is 56.9. The van der Waals surface area contributed by atoms with Gasteiger partial charge in [-0.3, -0.25) is 28.5 Å². The first-order chi connectivity index (χ1) is 44.8. The number of cyclic esters (lactones) is 1. The molecule has 3 aliphatic heterocycles. The van der Waals surface area contributed by atoms with E-state index in [1.165, 1.54) is 19.1 Å². The number of aryl methyl sites for hydroxylation is 1. The van der Waals surface area contributed by atoms with Crippen molar-refractivity contribution >= 4 is 46.2 Å². The van der Waals surface area contributed by atoms with Gasteiger partial charge < -0.3 is 59.1 Å². The molecule has 1 amide bonds. The van der Waals surface area contributed by atoms with Gasteiger partial charge in [0.2, 0.25) is 17.6 Å². The quantitative estimate of drug-likeness (QED) is 0.0537. The molecule has 0 radical (unpaired) electrons. The van der Waals surface area contributed by atoms with Crippen LogP contribution in [0.4, 0.5) is 5.95 Å². The highest BCUT2D eigenvalue weighted by atomic mass is 16.6. The number of ketones is 3. The van der Waals surface area contributed by atoms with E-state index in [-0.39, 0.29) is 98.1 Å². The third kappa shape index (κ3) is 18.0. The number of aromatic nitrogens is 4. The Balaban J connectivity index is 1.01.